The summed E-state index contributed by atoms with van der Waals surface area (Å²) in [5, 5.41) is 7.39. The molecule has 2 heteroatoms. The van der Waals surface area contributed by atoms with Crippen molar-refractivity contribution in [3.05, 3.63) is 0 Å². The Morgan fingerprint density at radius 1 is 1.42 bits per heavy atom. The highest BCUT2D eigenvalue weighted by Crippen LogP contribution is 2.28. The van der Waals surface area contributed by atoms with E-state index in [1.165, 1.54) is 0 Å². The lowest BCUT2D eigenvalue weighted by Crippen LogP contribution is -2.29. The summed E-state index contributed by atoms with van der Waals surface area (Å²) >= 11 is 0. The third-order valence-corrected chi connectivity index (χ3v) is 2.75. The van der Waals surface area contributed by atoms with Crippen molar-refractivity contribution in [2.24, 2.45) is 11.3 Å². The zero-order valence-corrected chi connectivity index (χ0v) is 9.02. The minimum Gasteiger partial charge on any atom is -0.313 e. The molecule has 72 valence electrons. The van der Waals surface area contributed by atoms with Gasteiger partial charge in [0, 0.05) is 11.6 Å². The maximum Gasteiger partial charge on any atom is 0.00564 e. The largest absolute Gasteiger partial charge is 0.313 e. The molecule has 0 heterocycles. The first-order valence-corrected chi connectivity index (χ1v) is 4.58. The Morgan fingerprint density at radius 2 is 1.92 bits per heavy atom. The highest BCUT2D eigenvalue weighted by atomic mass is 15.0. The quantitative estimate of drug-likeness (QED) is 0.629. The second-order valence-corrected chi connectivity index (χ2v) is 4.36. The van der Waals surface area contributed by atoms with E-state index in [0.717, 1.165) is 13.0 Å². The lowest BCUT2D eigenvalue weighted by atomic mass is 9.77. The first-order chi connectivity index (χ1) is 5.42. The third-order valence-electron chi connectivity index (χ3n) is 2.75. The molecule has 2 nitrogen and oxygen atoms in total. The van der Waals surface area contributed by atoms with Crippen LogP contribution in [0.3, 0.4) is 0 Å². The molecular formula is C10H22N2. The normalized spacial score (nSPS) is 16.6. The molecule has 0 aromatic rings. The first kappa shape index (κ1) is 11.6. The highest BCUT2D eigenvalue weighted by Gasteiger charge is 2.25. The third kappa shape index (κ3) is 3.35. The van der Waals surface area contributed by atoms with Gasteiger partial charge >= 0.3 is 0 Å². The van der Waals surface area contributed by atoms with Gasteiger partial charge in [0.15, 0.2) is 0 Å². The van der Waals surface area contributed by atoms with Gasteiger partial charge in [0.05, 0.1) is 0 Å². The van der Waals surface area contributed by atoms with Crippen molar-refractivity contribution >= 4 is 6.21 Å². The van der Waals surface area contributed by atoms with Gasteiger partial charge in [0.25, 0.3) is 0 Å². The van der Waals surface area contributed by atoms with Gasteiger partial charge < -0.3 is 10.3 Å². The summed E-state index contributed by atoms with van der Waals surface area (Å²) in [5.41, 5.74) is 0.0737. The van der Waals surface area contributed by atoms with Gasteiger partial charge in [0.2, 0.25) is 0 Å². The lowest BCUT2D eigenvalue weighted by Gasteiger charge is -2.30. The molecule has 0 aliphatic carbocycles. The van der Waals surface area contributed by atoms with Gasteiger partial charge in [-0.25, -0.2) is 0 Å². The predicted molar refractivity (Wildman–Crippen MR) is 54.9 cm³/mol. The average Bonchev–Trinajstić information content (AvgIpc) is 1.99. The maximum atomic E-state index is 7.39. The van der Waals surface area contributed by atoms with Crippen LogP contribution in [0.5, 0.6) is 0 Å². The molecule has 0 spiro atoms. The van der Waals surface area contributed by atoms with Crippen LogP contribution in [0.1, 0.15) is 27.2 Å². The van der Waals surface area contributed by atoms with E-state index in [4.69, 9.17) is 5.41 Å². The monoisotopic (exact) mass is 170 g/mol. The number of nitrogens with zero attached hydrogens (tertiary/aromatic N) is 1. The molecule has 0 aromatic carbocycles. The molecule has 0 saturated heterocycles. The molecule has 12 heavy (non-hydrogen) atoms. The number of hydrogen-bond acceptors (Lipinski definition) is 2. The Bertz CT molecular complexity index is 141. The van der Waals surface area contributed by atoms with Crippen LogP contribution in [0.25, 0.3) is 0 Å². The van der Waals surface area contributed by atoms with E-state index in [0.29, 0.717) is 5.92 Å². The summed E-state index contributed by atoms with van der Waals surface area (Å²) < 4.78 is 0. The summed E-state index contributed by atoms with van der Waals surface area (Å²) in [4.78, 5) is 2.17. The average molecular weight is 170 g/mol. The number of nitrogens with one attached hydrogen (secondary N) is 1. The zero-order valence-electron chi connectivity index (χ0n) is 9.02. The Labute approximate surface area is 76.5 Å². The van der Waals surface area contributed by atoms with Crippen LogP contribution in [0, 0.1) is 16.7 Å². The molecule has 0 amide bonds. The minimum absolute atomic E-state index is 0.0737. The molecule has 0 aliphatic heterocycles. The molecule has 0 saturated carbocycles. The predicted octanol–water partition coefficient (Wildman–Crippen LogP) is 2.25. The van der Waals surface area contributed by atoms with E-state index < -0.39 is 0 Å². The minimum atomic E-state index is 0.0737. The van der Waals surface area contributed by atoms with Crippen LogP contribution >= 0.6 is 0 Å². The lowest BCUT2D eigenvalue weighted by molar-refractivity contribution is 0.265. The van der Waals surface area contributed by atoms with Crippen molar-refractivity contribution in [2.45, 2.75) is 27.2 Å². The fourth-order valence-electron chi connectivity index (χ4n) is 0.992. The highest BCUT2D eigenvalue weighted by molar-refractivity contribution is 5.62. The fourth-order valence-corrected chi connectivity index (χ4v) is 0.992. The number of hydrogen-bond donors (Lipinski definition) is 1. The second kappa shape index (κ2) is 4.61. The molecule has 0 bridgehead atoms. The SMILES string of the molecule is CC(C)C(C)(C=N)CCN(C)C. The van der Waals surface area contributed by atoms with Gasteiger partial charge in [-0.2, -0.15) is 0 Å². The molecule has 0 radical (unpaired) electrons. The van der Waals surface area contributed by atoms with Crippen LogP contribution in [0.4, 0.5) is 0 Å². The first-order valence-electron chi connectivity index (χ1n) is 4.58. The molecule has 0 aromatic heterocycles. The van der Waals surface area contributed by atoms with Crippen molar-refractivity contribution < 1.29 is 0 Å². The van der Waals surface area contributed by atoms with E-state index in [9.17, 15) is 0 Å². The molecule has 1 atom stereocenters. The Hall–Kier alpha value is -0.370. The van der Waals surface area contributed by atoms with Crippen molar-refractivity contribution in [3.63, 3.8) is 0 Å². The van der Waals surface area contributed by atoms with E-state index in [-0.39, 0.29) is 5.41 Å². The Kier molecular flexibility index (Phi) is 4.46. The summed E-state index contributed by atoms with van der Waals surface area (Å²) in [6.07, 6.45) is 2.67. The molecular weight excluding hydrogens is 148 g/mol. The fraction of sp³-hybridized carbons (Fsp3) is 0.900. The summed E-state index contributed by atoms with van der Waals surface area (Å²) in [5.74, 6) is 0.551. The standard InChI is InChI=1S/C10H22N2/c1-9(2)10(3,8-11)6-7-12(4)5/h8-9,11H,6-7H2,1-5H3. The van der Waals surface area contributed by atoms with Crippen LogP contribution in [-0.2, 0) is 0 Å². The van der Waals surface area contributed by atoms with Crippen molar-refractivity contribution in [1.82, 2.24) is 4.90 Å². The topological polar surface area (TPSA) is 27.1 Å². The second-order valence-electron chi connectivity index (χ2n) is 4.36. The van der Waals surface area contributed by atoms with Gasteiger partial charge in [-0.1, -0.05) is 20.8 Å². The van der Waals surface area contributed by atoms with Gasteiger partial charge in [-0.05, 0) is 33.0 Å². The Balaban J connectivity index is 4.06. The van der Waals surface area contributed by atoms with Crippen LogP contribution in [0.2, 0.25) is 0 Å². The van der Waals surface area contributed by atoms with Gasteiger partial charge in [-0.3, -0.25) is 0 Å². The van der Waals surface area contributed by atoms with E-state index in [1.54, 1.807) is 6.21 Å². The summed E-state index contributed by atoms with van der Waals surface area (Å²) in [6, 6.07) is 0. The molecule has 0 fully saturated rings. The summed E-state index contributed by atoms with van der Waals surface area (Å²) in [7, 11) is 4.15. The molecule has 0 rings (SSSR count). The van der Waals surface area contributed by atoms with Crippen LogP contribution < -0.4 is 0 Å². The maximum absolute atomic E-state index is 7.39. The van der Waals surface area contributed by atoms with Crippen LogP contribution in [0.15, 0.2) is 0 Å². The van der Waals surface area contributed by atoms with Gasteiger partial charge in [-0.15, -0.1) is 0 Å². The van der Waals surface area contributed by atoms with E-state index >= 15 is 0 Å². The number of rotatable bonds is 5. The van der Waals surface area contributed by atoms with Crippen molar-refractivity contribution in [2.75, 3.05) is 20.6 Å². The van der Waals surface area contributed by atoms with Crippen molar-refractivity contribution in [3.8, 4) is 0 Å². The zero-order chi connectivity index (χ0) is 9.78. The molecule has 0 aliphatic rings. The van der Waals surface area contributed by atoms with Crippen molar-refractivity contribution in [1.29, 1.82) is 5.41 Å². The van der Waals surface area contributed by atoms with E-state index in [2.05, 4.69) is 39.8 Å². The molecule has 1 unspecified atom stereocenters. The molecule has 1 N–H and O–H groups in total. The Morgan fingerprint density at radius 3 is 2.17 bits per heavy atom. The van der Waals surface area contributed by atoms with E-state index in [1.807, 2.05) is 0 Å². The smallest absolute Gasteiger partial charge is 0.00564 e. The van der Waals surface area contributed by atoms with Crippen LogP contribution in [-0.4, -0.2) is 31.8 Å². The summed E-state index contributed by atoms with van der Waals surface area (Å²) in [6.45, 7) is 7.58. The van der Waals surface area contributed by atoms with Gasteiger partial charge in [0.1, 0.15) is 0 Å².